The fraction of sp³-hybridized carbons (Fsp3) is 0.304. The van der Waals surface area contributed by atoms with Gasteiger partial charge in [0.1, 0.15) is 11.9 Å². The lowest BCUT2D eigenvalue weighted by Crippen LogP contribution is -2.56. The van der Waals surface area contributed by atoms with Crippen molar-refractivity contribution < 1.29 is 18.6 Å². The van der Waals surface area contributed by atoms with Gasteiger partial charge in [-0.25, -0.2) is 0 Å². The van der Waals surface area contributed by atoms with Crippen LogP contribution < -0.4 is 0 Å². The molecule has 0 amide bonds. The summed E-state index contributed by atoms with van der Waals surface area (Å²) in [5.41, 5.74) is 2.86. The van der Waals surface area contributed by atoms with Gasteiger partial charge in [-0.05, 0) is 31.1 Å². The van der Waals surface area contributed by atoms with Crippen molar-refractivity contribution in [2.45, 2.75) is 37.7 Å². The molecule has 2 saturated heterocycles. The largest absolute Gasteiger partial charge is 0.455 e. The Morgan fingerprint density at radius 2 is 1.48 bits per heavy atom. The minimum Gasteiger partial charge on any atom is -0.455 e. The van der Waals surface area contributed by atoms with Gasteiger partial charge in [-0.3, -0.25) is 0 Å². The number of ether oxygens (including phenoxy) is 3. The molecule has 0 N–H and O–H groups in total. The first-order valence-electron chi connectivity index (χ1n) is 9.25. The van der Waals surface area contributed by atoms with E-state index in [-0.39, 0.29) is 5.92 Å². The Labute approximate surface area is 158 Å². The van der Waals surface area contributed by atoms with Gasteiger partial charge in [0.05, 0.1) is 5.92 Å². The molecule has 4 aliphatic rings. The van der Waals surface area contributed by atoms with E-state index in [9.17, 15) is 0 Å². The maximum absolute atomic E-state index is 15.7. The summed E-state index contributed by atoms with van der Waals surface area (Å²) < 4.78 is 33.6. The Bertz CT molecular complexity index is 878. The van der Waals surface area contributed by atoms with Gasteiger partial charge in [0.15, 0.2) is 11.9 Å². The molecule has 4 heteroatoms. The van der Waals surface area contributed by atoms with Crippen LogP contribution in [0.1, 0.15) is 25.0 Å². The van der Waals surface area contributed by atoms with Gasteiger partial charge in [0.25, 0.3) is 5.85 Å². The number of hydrogen-bond acceptors (Lipinski definition) is 3. The smallest absolute Gasteiger partial charge is 0.295 e. The molecule has 3 aliphatic heterocycles. The first-order valence-corrected chi connectivity index (χ1v) is 9.25. The molecule has 3 nitrogen and oxygen atoms in total. The highest BCUT2D eigenvalue weighted by Crippen LogP contribution is 2.53. The molecule has 0 saturated carbocycles. The Morgan fingerprint density at radius 3 is 2.07 bits per heavy atom. The molecule has 1 aliphatic carbocycles. The zero-order valence-corrected chi connectivity index (χ0v) is 15.3. The van der Waals surface area contributed by atoms with Crippen LogP contribution in [0.3, 0.4) is 0 Å². The minimum atomic E-state index is -2.03. The summed E-state index contributed by atoms with van der Waals surface area (Å²) in [4.78, 5) is 0. The van der Waals surface area contributed by atoms with Crippen molar-refractivity contribution in [3.8, 4) is 0 Å². The van der Waals surface area contributed by atoms with Crippen LogP contribution in [0, 0.1) is 5.92 Å². The third-order valence-corrected chi connectivity index (χ3v) is 5.34. The van der Waals surface area contributed by atoms with Gasteiger partial charge in [-0.1, -0.05) is 66.7 Å². The van der Waals surface area contributed by atoms with E-state index < -0.39 is 23.8 Å². The molecule has 0 radical (unpaired) electrons. The van der Waals surface area contributed by atoms with E-state index >= 15 is 4.39 Å². The zero-order chi connectivity index (χ0) is 18.6. The van der Waals surface area contributed by atoms with Gasteiger partial charge in [0.2, 0.25) is 0 Å². The lowest BCUT2D eigenvalue weighted by molar-refractivity contribution is -0.209. The van der Waals surface area contributed by atoms with E-state index in [0.717, 1.165) is 16.7 Å². The zero-order valence-electron chi connectivity index (χ0n) is 15.3. The summed E-state index contributed by atoms with van der Waals surface area (Å²) in [6.45, 7) is 3.62. The minimum absolute atomic E-state index is 0.204. The molecular formula is C23H21FO3. The number of hydrogen-bond donors (Lipinski definition) is 0. The third kappa shape index (κ3) is 2.63. The SMILES string of the molecule is CC1(C)O[C@@H]2[C@@H]3C=C[C@@](F)(OC3=C(c3ccccc3)c3ccccc3)[C@@H]2O1. The highest BCUT2D eigenvalue weighted by Gasteiger charge is 2.63. The Hall–Kier alpha value is -2.43. The average Bonchev–Trinajstić information content (AvgIpc) is 3.01. The normalized spacial score (nSPS) is 32.9. The van der Waals surface area contributed by atoms with Gasteiger partial charge >= 0.3 is 0 Å². The molecule has 27 heavy (non-hydrogen) atoms. The van der Waals surface area contributed by atoms with Gasteiger partial charge in [-0.2, -0.15) is 4.39 Å². The van der Waals surface area contributed by atoms with Crippen molar-refractivity contribution in [3.63, 3.8) is 0 Å². The van der Waals surface area contributed by atoms with Gasteiger partial charge in [0, 0.05) is 5.57 Å². The van der Waals surface area contributed by atoms with Gasteiger partial charge < -0.3 is 14.2 Å². The molecular weight excluding hydrogens is 343 g/mol. The summed E-state index contributed by atoms with van der Waals surface area (Å²) in [6.07, 6.45) is 2.15. The van der Waals surface area contributed by atoms with Crippen molar-refractivity contribution in [2.75, 3.05) is 0 Å². The molecule has 0 unspecified atom stereocenters. The maximum atomic E-state index is 15.7. The first-order chi connectivity index (χ1) is 13.0. The fourth-order valence-corrected chi connectivity index (χ4v) is 4.24. The van der Waals surface area contributed by atoms with Crippen LogP contribution in [0.5, 0.6) is 0 Å². The molecule has 2 bridgehead atoms. The van der Waals surface area contributed by atoms with Crippen molar-refractivity contribution in [1.82, 2.24) is 0 Å². The van der Waals surface area contributed by atoms with E-state index in [1.807, 2.05) is 80.6 Å². The van der Waals surface area contributed by atoms with E-state index in [4.69, 9.17) is 14.2 Å². The van der Waals surface area contributed by atoms with E-state index in [1.165, 1.54) is 6.08 Å². The molecule has 0 spiro atoms. The molecule has 2 aromatic carbocycles. The lowest BCUT2D eigenvalue weighted by Gasteiger charge is -2.45. The summed E-state index contributed by atoms with van der Waals surface area (Å²) in [6, 6.07) is 19.9. The number of rotatable bonds is 2. The Kier molecular flexibility index (Phi) is 3.58. The van der Waals surface area contributed by atoms with E-state index in [2.05, 4.69) is 0 Å². The molecule has 2 aromatic rings. The monoisotopic (exact) mass is 364 g/mol. The van der Waals surface area contributed by atoms with Crippen LogP contribution in [0.25, 0.3) is 5.57 Å². The van der Waals surface area contributed by atoms with Crippen LogP contribution in [0.15, 0.2) is 78.6 Å². The molecule has 3 heterocycles. The number of halogens is 1. The van der Waals surface area contributed by atoms with Crippen molar-refractivity contribution in [3.05, 3.63) is 89.7 Å². The second-order valence-corrected chi connectivity index (χ2v) is 7.68. The standard InChI is InChI=1S/C23H21FO3/c1-22(2)25-20-17-13-14-23(24,21(20)27-22)26-19(17)18(15-9-5-3-6-10-15)16-11-7-4-8-12-16/h3-14,17,20-21H,1-2H3/t17-,20-,21-,23-/m1/s1. The van der Waals surface area contributed by atoms with Crippen LogP contribution in [-0.2, 0) is 14.2 Å². The second kappa shape index (κ2) is 5.78. The number of alkyl halides is 1. The third-order valence-electron chi connectivity index (χ3n) is 5.34. The number of fused-ring (bicyclic) bond motifs is 1. The molecule has 6 rings (SSSR count). The Balaban J connectivity index is 1.71. The van der Waals surface area contributed by atoms with E-state index in [1.54, 1.807) is 0 Å². The van der Waals surface area contributed by atoms with Crippen molar-refractivity contribution >= 4 is 5.57 Å². The molecule has 4 atom stereocenters. The molecule has 138 valence electrons. The predicted molar refractivity (Wildman–Crippen MR) is 100 cm³/mol. The van der Waals surface area contributed by atoms with Crippen molar-refractivity contribution in [2.24, 2.45) is 5.92 Å². The Morgan fingerprint density at radius 1 is 0.889 bits per heavy atom. The average molecular weight is 364 g/mol. The topological polar surface area (TPSA) is 27.7 Å². The summed E-state index contributed by atoms with van der Waals surface area (Å²) in [5.74, 6) is -2.48. The van der Waals surface area contributed by atoms with Crippen LogP contribution in [0.2, 0.25) is 0 Å². The second-order valence-electron chi connectivity index (χ2n) is 7.68. The van der Waals surface area contributed by atoms with Crippen LogP contribution >= 0.6 is 0 Å². The first kappa shape index (κ1) is 16.7. The maximum Gasteiger partial charge on any atom is 0.295 e. The van der Waals surface area contributed by atoms with Crippen LogP contribution in [-0.4, -0.2) is 23.8 Å². The predicted octanol–water partition coefficient (Wildman–Crippen LogP) is 4.85. The fourth-order valence-electron chi connectivity index (χ4n) is 4.24. The van der Waals surface area contributed by atoms with Crippen LogP contribution in [0.4, 0.5) is 4.39 Å². The summed E-state index contributed by atoms with van der Waals surface area (Å²) >= 11 is 0. The molecule has 0 aromatic heterocycles. The summed E-state index contributed by atoms with van der Waals surface area (Å²) in [5, 5.41) is 0. The van der Waals surface area contributed by atoms with E-state index in [0.29, 0.717) is 5.76 Å². The number of benzene rings is 2. The van der Waals surface area contributed by atoms with Gasteiger partial charge in [-0.15, -0.1) is 0 Å². The molecule has 2 fully saturated rings. The van der Waals surface area contributed by atoms with Crippen molar-refractivity contribution in [1.29, 1.82) is 0 Å². The highest BCUT2D eigenvalue weighted by atomic mass is 19.2. The summed E-state index contributed by atoms with van der Waals surface area (Å²) in [7, 11) is 0. The quantitative estimate of drug-likeness (QED) is 0.713. The lowest BCUT2D eigenvalue weighted by atomic mass is 9.79. The highest BCUT2D eigenvalue weighted by molar-refractivity contribution is 5.82.